The predicted octanol–water partition coefficient (Wildman–Crippen LogP) is 4.46. The number of nitrogens with zero attached hydrogens (tertiary/aromatic N) is 1. The number of hydrogen-bond donors (Lipinski definition) is 1. The lowest BCUT2D eigenvalue weighted by molar-refractivity contribution is 0.297. The van der Waals surface area contributed by atoms with Crippen molar-refractivity contribution in [1.29, 1.82) is 0 Å². The van der Waals surface area contributed by atoms with E-state index in [0.717, 1.165) is 24.2 Å². The first-order valence-electron chi connectivity index (χ1n) is 8.47. The number of H-pyrrole nitrogens is 1. The molecule has 0 aliphatic carbocycles. The maximum Gasteiger partial charge on any atom is 0.121 e. The fraction of sp³-hybridized carbons (Fsp3) is 0.474. The Balaban J connectivity index is 1.78. The average molecular weight is 298 g/mol. The summed E-state index contributed by atoms with van der Waals surface area (Å²) in [4.78, 5) is 5.95. The number of ether oxygens (including phenoxy) is 1. The third-order valence-electron chi connectivity index (χ3n) is 4.43. The maximum atomic E-state index is 5.58. The van der Waals surface area contributed by atoms with Gasteiger partial charge in [-0.2, -0.15) is 0 Å². The number of unbranched alkanes of at least 4 members (excludes halogenated alkanes) is 1. The second-order valence-electron chi connectivity index (χ2n) is 5.98. The standard InChI is InChI=1S/C19H26N2O/c1-3-5-10-21-11-8-15(9-12-21)18-14-20-19-13-16(22-4-2)6-7-17(18)19/h6-8,13-14,20H,3-5,9-12H2,1-2H3. The van der Waals surface area contributed by atoms with E-state index in [0.29, 0.717) is 6.61 Å². The Labute approximate surface area is 133 Å². The summed E-state index contributed by atoms with van der Waals surface area (Å²) in [6.07, 6.45) is 8.27. The summed E-state index contributed by atoms with van der Waals surface area (Å²) >= 11 is 0. The highest BCUT2D eigenvalue weighted by atomic mass is 16.5. The van der Waals surface area contributed by atoms with Crippen molar-refractivity contribution in [1.82, 2.24) is 9.88 Å². The van der Waals surface area contributed by atoms with Gasteiger partial charge in [-0.3, -0.25) is 4.90 Å². The molecule has 0 fully saturated rings. The van der Waals surface area contributed by atoms with Crippen molar-refractivity contribution < 1.29 is 4.74 Å². The van der Waals surface area contributed by atoms with Crippen LogP contribution in [-0.4, -0.2) is 36.1 Å². The van der Waals surface area contributed by atoms with Gasteiger partial charge in [-0.25, -0.2) is 0 Å². The molecule has 1 aromatic carbocycles. The summed E-state index contributed by atoms with van der Waals surface area (Å²) in [5.41, 5.74) is 3.99. The fourth-order valence-corrected chi connectivity index (χ4v) is 3.17. The van der Waals surface area contributed by atoms with E-state index in [1.165, 1.54) is 42.5 Å². The zero-order valence-electron chi connectivity index (χ0n) is 13.7. The van der Waals surface area contributed by atoms with E-state index >= 15 is 0 Å². The van der Waals surface area contributed by atoms with Gasteiger partial charge in [0.15, 0.2) is 0 Å². The summed E-state index contributed by atoms with van der Waals surface area (Å²) < 4.78 is 5.58. The monoisotopic (exact) mass is 298 g/mol. The normalized spacial score (nSPS) is 16.0. The molecule has 0 bridgehead atoms. The van der Waals surface area contributed by atoms with Crippen LogP contribution in [0.3, 0.4) is 0 Å². The van der Waals surface area contributed by atoms with Gasteiger partial charge < -0.3 is 9.72 Å². The van der Waals surface area contributed by atoms with Crippen molar-refractivity contribution >= 4 is 16.5 Å². The minimum Gasteiger partial charge on any atom is -0.494 e. The Bertz CT molecular complexity index is 656. The first-order chi connectivity index (χ1) is 10.8. The number of nitrogens with one attached hydrogen (secondary N) is 1. The van der Waals surface area contributed by atoms with Gasteiger partial charge in [-0.15, -0.1) is 0 Å². The van der Waals surface area contributed by atoms with Crippen molar-refractivity contribution in [2.24, 2.45) is 0 Å². The quantitative estimate of drug-likeness (QED) is 0.853. The van der Waals surface area contributed by atoms with Gasteiger partial charge in [0.2, 0.25) is 0 Å². The maximum absolute atomic E-state index is 5.58. The van der Waals surface area contributed by atoms with Crippen LogP contribution < -0.4 is 4.74 Å². The summed E-state index contributed by atoms with van der Waals surface area (Å²) in [5, 5.41) is 1.30. The molecule has 118 valence electrons. The number of hydrogen-bond acceptors (Lipinski definition) is 2. The van der Waals surface area contributed by atoms with E-state index < -0.39 is 0 Å². The van der Waals surface area contributed by atoms with E-state index in [9.17, 15) is 0 Å². The van der Waals surface area contributed by atoms with Crippen molar-refractivity contribution in [2.45, 2.75) is 33.1 Å². The molecule has 0 unspecified atom stereocenters. The van der Waals surface area contributed by atoms with Crippen LogP contribution in [0.5, 0.6) is 5.75 Å². The highest BCUT2D eigenvalue weighted by Crippen LogP contribution is 2.31. The lowest BCUT2D eigenvalue weighted by atomic mass is 9.99. The van der Waals surface area contributed by atoms with Crippen LogP contribution in [0, 0.1) is 0 Å². The van der Waals surface area contributed by atoms with E-state index in [2.05, 4.69) is 47.3 Å². The molecule has 0 saturated carbocycles. The number of fused-ring (bicyclic) bond motifs is 1. The molecule has 3 rings (SSSR count). The van der Waals surface area contributed by atoms with Crippen LogP contribution >= 0.6 is 0 Å². The molecule has 0 atom stereocenters. The molecule has 3 nitrogen and oxygen atoms in total. The number of benzene rings is 1. The third-order valence-corrected chi connectivity index (χ3v) is 4.43. The molecule has 0 spiro atoms. The first-order valence-corrected chi connectivity index (χ1v) is 8.47. The van der Waals surface area contributed by atoms with Gasteiger partial charge in [-0.05, 0) is 44.0 Å². The zero-order valence-corrected chi connectivity index (χ0v) is 13.7. The van der Waals surface area contributed by atoms with Crippen LogP contribution in [0.2, 0.25) is 0 Å². The van der Waals surface area contributed by atoms with Crippen LogP contribution in [0.1, 0.15) is 38.7 Å². The van der Waals surface area contributed by atoms with E-state index in [1.54, 1.807) is 0 Å². The summed E-state index contributed by atoms with van der Waals surface area (Å²) in [6, 6.07) is 6.34. The Morgan fingerprint density at radius 2 is 2.18 bits per heavy atom. The van der Waals surface area contributed by atoms with Crippen LogP contribution in [0.15, 0.2) is 30.5 Å². The first kappa shape index (κ1) is 15.2. The molecule has 1 aliphatic rings. The molecule has 2 aromatic rings. The van der Waals surface area contributed by atoms with Crippen molar-refractivity contribution in [2.75, 3.05) is 26.2 Å². The Morgan fingerprint density at radius 3 is 2.91 bits per heavy atom. The molecule has 1 N–H and O–H groups in total. The molecular formula is C19H26N2O. The molecule has 22 heavy (non-hydrogen) atoms. The van der Waals surface area contributed by atoms with Crippen molar-refractivity contribution in [3.63, 3.8) is 0 Å². The van der Waals surface area contributed by atoms with Crippen LogP contribution in [0.25, 0.3) is 16.5 Å². The number of aromatic nitrogens is 1. The number of aromatic amines is 1. The minimum absolute atomic E-state index is 0.706. The predicted molar refractivity (Wildman–Crippen MR) is 93.4 cm³/mol. The van der Waals surface area contributed by atoms with Gasteiger partial charge >= 0.3 is 0 Å². The molecule has 2 heterocycles. The second-order valence-corrected chi connectivity index (χ2v) is 5.98. The van der Waals surface area contributed by atoms with Gasteiger partial charge in [0, 0.05) is 41.8 Å². The van der Waals surface area contributed by atoms with E-state index in [-0.39, 0.29) is 0 Å². The lowest BCUT2D eigenvalue weighted by Gasteiger charge is -2.26. The zero-order chi connectivity index (χ0) is 15.4. The molecule has 0 radical (unpaired) electrons. The average Bonchev–Trinajstić information content (AvgIpc) is 2.97. The molecule has 1 aromatic heterocycles. The highest BCUT2D eigenvalue weighted by molar-refractivity contribution is 5.93. The van der Waals surface area contributed by atoms with Crippen molar-refractivity contribution in [3.05, 3.63) is 36.0 Å². The Morgan fingerprint density at radius 1 is 1.27 bits per heavy atom. The molecule has 1 aliphatic heterocycles. The summed E-state index contributed by atoms with van der Waals surface area (Å²) in [7, 11) is 0. The van der Waals surface area contributed by atoms with Gasteiger partial charge in [0.25, 0.3) is 0 Å². The second kappa shape index (κ2) is 7.01. The fourth-order valence-electron chi connectivity index (χ4n) is 3.17. The van der Waals surface area contributed by atoms with Gasteiger partial charge in [0.1, 0.15) is 5.75 Å². The van der Waals surface area contributed by atoms with E-state index in [4.69, 9.17) is 4.74 Å². The Kier molecular flexibility index (Phi) is 4.84. The molecule has 0 saturated heterocycles. The summed E-state index contributed by atoms with van der Waals surface area (Å²) in [5.74, 6) is 0.937. The van der Waals surface area contributed by atoms with Crippen LogP contribution in [-0.2, 0) is 0 Å². The van der Waals surface area contributed by atoms with E-state index in [1.807, 2.05) is 6.92 Å². The third kappa shape index (κ3) is 3.20. The highest BCUT2D eigenvalue weighted by Gasteiger charge is 2.15. The molecule has 0 amide bonds. The largest absolute Gasteiger partial charge is 0.494 e. The van der Waals surface area contributed by atoms with Crippen molar-refractivity contribution in [3.8, 4) is 5.75 Å². The molecular weight excluding hydrogens is 272 g/mol. The topological polar surface area (TPSA) is 28.3 Å². The smallest absolute Gasteiger partial charge is 0.121 e. The SMILES string of the molecule is CCCCN1CC=C(c2c[nH]c3cc(OCC)ccc23)CC1. The molecule has 3 heteroatoms. The summed E-state index contributed by atoms with van der Waals surface area (Å²) in [6.45, 7) is 8.47. The van der Waals surface area contributed by atoms with Gasteiger partial charge in [-0.1, -0.05) is 19.4 Å². The van der Waals surface area contributed by atoms with Crippen LogP contribution in [0.4, 0.5) is 0 Å². The Hall–Kier alpha value is -1.74. The lowest BCUT2D eigenvalue weighted by Crippen LogP contribution is -2.29. The van der Waals surface area contributed by atoms with Gasteiger partial charge in [0.05, 0.1) is 6.61 Å². The number of rotatable bonds is 6. The minimum atomic E-state index is 0.706.